The summed E-state index contributed by atoms with van der Waals surface area (Å²) >= 11 is 0. The minimum absolute atomic E-state index is 0.269. The maximum atomic E-state index is 13.1. The Labute approximate surface area is 162 Å². The van der Waals surface area contributed by atoms with Crippen LogP contribution in [-0.2, 0) is 0 Å². The summed E-state index contributed by atoms with van der Waals surface area (Å²) in [4.78, 5) is 9.38. The third-order valence-electron chi connectivity index (χ3n) is 4.50. The smallest absolute Gasteiger partial charge is 0.162 e. The van der Waals surface area contributed by atoms with Crippen LogP contribution in [0.1, 0.15) is 18.1 Å². The summed E-state index contributed by atoms with van der Waals surface area (Å²) in [6, 6.07) is 22.1. The van der Waals surface area contributed by atoms with E-state index in [1.54, 1.807) is 12.1 Å². The van der Waals surface area contributed by atoms with Crippen molar-refractivity contribution in [2.45, 2.75) is 13.8 Å². The molecule has 0 amide bonds. The molecule has 1 N–H and O–H groups in total. The second-order valence-corrected chi connectivity index (χ2v) is 6.59. The van der Waals surface area contributed by atoms with Crippen LogP contribution in [0.5, 0.6) is 0 Å². The van der Waals surface area contributed by atoms with E-state index in [9.17, 15) is 4.39 Å². The molecular formula is C23H19FN4. The number of halogens is 1. The number of benzene rings is 3. The first kappa shape index (κ1) is 17.8. The molecule has 28 heavy (non-hydrogen) atoms. The van der Waals surface area contributed by atoms with Crippen LogP contribution >= 0.6 is 0 Å². The molecule has 138 valence electrons. The van der Waals surface area contributed by atoms with E-state index < -0.39 is 0 Å². The van der Waals surface area contributed by atoms with Crippen LogP contribution in [0.15, 0.2) is 77.9 Å². The van der Waals surface area contributed by atoms with Crippen molar-refractivity contribution in [1.82, 2.24) is 9.97 Å². The van der Waals surface area contributed by atoms with Gasteiger partial charge in [-0.25, -0.2) is 14.4 Å². The fraction of sp³-hybridized carbons (Fsp3) is 0.0870. The molecular weight excluding hydrogens is 351 g/mol. The van der Waals surface area contributed by atoms with Gasteiger partial charge < -0.3 is 0 Å². The molecule has 0 saturated carbocycles. The highest BCUT2D eigenvalue weighted by atomic mass is 19.1. The van der Waals surface area contributed by atoms with E-state index in [2.05, 4.69) is 15.5 Å². The zero-order valence-corrected chi connectivity index (χ0v) is 15.6. The SMILES string of the molecule is CC(=NNc1nc(-c2ccc(C)cc2)nc2ccccc12)c1ccc(F)cc1. The van der Waals surface area contributed by atoms with E-state index in [4.69, 9.17) is 4.98 Å². The number of nitrogens with zero attached hydrogens (tertiary/aromatic N) is 3. The highest BCUT2D eigenvalue weighted by molar-refractivity contribution is 5.99. The van der Waals surface area contributed by atoms with Crippen LogP contribution in [0.4, 0.5) is 10.2 Å². The number of para-hydroxylation sites is 1. The molecule has 1 heterocycles. The fourth-order valence-electron chi connectivity index (χ4n) is 2.89. The summed E-state index contributed by atoms with van der Waals surface area (Å²) in [6.07, 6.45) is 0. The molecule has 1 aromatic heterocycles. The Bertz CT molecular complexity index is 1150. The number of aryl methyl sites for hydroxylation is 1. The molecule has 3 aromatic carbocycles. The predicted octanol–water partition coefficient (Wildman–Crippen LogP) is 5.58. The predicted molar refractivity (Wildman–Crippen MR) is 112 cm³/mol. The van der Waals surface area contributed by atoms with Crippen molar-refractivity contribution in [3.63, 3.8) is 0 Å². The minimum Gasteiger partial charge on any atom is -0.260 e. The molecule has 0 aliphatic rings. The van der Waals surface area contributed by atoms with Gasteiger partial charge in [0.2, 0.25) is 0 Å². The second kappa shape index (κ2) is 7.56. The normalized spacial score (nSPS) is 11.6. The number of fused-ring (bicyclic) bond motifs is 1. The maximum Gasteiger partial charge on any atom is 0.162 e. The molecule has 0 bridgehead atoms. The summed E-state index contributed by atoms with van der Waals surface area (Å²) < 4.78 is 13.1. The topological polar surface area (TPSA) is 50.2 Å². The van der Waals surface area contributed by atoms with Crippen molar-refractivity contribution >= 4 is 22.4 Å². The second-order valence-electron chi connectivity index (χ2n) is 6.59. The lowest BCUT2D eigenvalue weighted by Crippen LogP contribution is -2.03. The van der Waals surface area contributed by atoms with Gasteiger partial charge in [-0.3, -0.25) is 5.43 Å². The van der Waals surface area contributed by atoms with Crippen molar-refractivity contribution in [2.75, 3.05) is 5.43 Å². The molecule has 0 radical (unpaired) electrons. The van der Waals surface area contributed by atoms with Gasteiger partial charge >= 0.3 is 0 Å². The molecule has 4 rings (SSSR count). The molecule has 0 aliphatic carbocycles. The van der Waals surface area contributed by atoms with Crippen LogP contribution in [-0.4, -0.2) is 15.7 Å². The Morgan fingerprint density at radius 2 is 1.61 bits per heavy atom. The Morgan fingerprint density at radius 1 is 0.893 bits per heavy atom. The summed E-state index contributed by atoms with van der Waals surface area (Å²) in [6.45, 7) is 3.91. The van der Waals surface area contributed by atoms with Crippen LogP contribution < -0.4 is 5.43 Å². The van der Waals surface area contributed by atoms with E-state index in [0.29, 0.717) is 11.6 Å². The summed E-state index contributed by atoms with van der Waals surface area (Å²) in [5.74, 6) is 0.993. The molecule has 0 fully saturated rings. The Kier molecular flexibility index (Phi) is 4.81. The van der Waals surface area contributed by atoms with Crippen LogP contribution in [0.25, 0.3) is 22.3 Å². The Balaban J connectivity index is 1.73. The first-order valence-corrected chi connectivity index (χ1v) is 9.00. The maximum absolute atomic E-state index is 13.1. The molecule has 4 aromatic rings. The van der Waals surface area contributed by atoms with Gasteiger partial charge in [-0.15, -0.1) is 0 Å². The molecule has 0 spiro atoms. The quantitative estimate of drug-likeness (QED) is 0.377. The summed E-state index contributed by atoms with van der Waals surface area (Å²) in [7, 11) is 0. The molecule has 0 aliphatic heterocycles. The number of nitrogens with one attached hydrogen (secondary N) is 1. The number of hydrogen-bond acceptors (Lipinski definition) is 4. The third-order valence-corrected chi connectivity index (χ3v) is 4.50. The number of hydrogen-bond donors (Lipinski definition) is 1. The van der Waals surface area contributed by atoms with Gasteiger partial charge in [0.1, 0.15) is 5.82 Å². The van der Waals surface area contributed by atoms with E-state index >= 15 is 0 Å². The Morgan fingerprint density at radius 3 is 2.36 bits per heavy atom. The average Bonchev–Trinajstić information content (AvgIpc) is 2.72. The Hall–Kier alpha value is -3.60. The standard InChI is InChI=1S/C23H19FN4/c1-15-7-9-18(10-8-15)22-25-21-6-4-3-5-20(21)23(26-22)28-27-16(2)17-11-13-19(24)14-12-17/h3-14H,1-2H3,(H,25,26,28). The molecule has 5 heteroatoms. The summed E-state index contributed by atoms with van der Waals surface area (Å²) in [5.41, 5.74) is 7.60. The van der Waals surface area contributed by atoms with Gasteiger partial charge in [0, 0.05) is 10.9 Å². The largest absolute Gasteiger partial charge is 0.260 e. The lowest BCUT2D eigenvalue weighted by Gasteiger charge is -2.09. The minimum atomic E-state index is -0.269. The lowest BCUT2D eigenvalue weighted by atomic mass is 10.1. The number of anilines is 1. The van der Waals surface area contributed by atoms with E-state index in [1.807, 2.05) is 62.4 Å². The number of hydrazone groups is 1. The van der Waals surface area contributed by atoms with Gasteiger partial charge in [0.25, 0.3) is 0 Å². The zero-order chi connectivity index (χ0) is 19.5. The van der Waals surface area contributed by atoms with Crippen LogP contribution in [0.3, 0.4) is 0 Å². The van der Waals surface area contributed by atoms with E-state index in [1.165, 1.54) is 17.7 Å². The molecule has 0 unspecified atom stereocenters. The average molecular weight is 370 g/mol. The highest BCUT2D eigenvalue weighted by Crippen LogP contribution is 2.25. The van der Waals surface area contributed by atoms with E-state index in [-0.39, 0.29) is 5.82 Å². The first-order valence-electron chi connectivity index (χ1n) is 9.00. The van der Waals surface area contributed by atoms with Crippen LogP contribution in [0.2, 0.25) is 0 Å². The van der Waals surface area contributed by atoms with Crippen molar-refractivity contribution in [1.29, 1.82) is 0 Å². The molecule has 0 saturated heterocycles. The molecule has 0 atom stereocenters. The van der Waals surface area contributed by atoms with Gasteiger partial charge in [0.05, 0.1) is 11.2 Å². The number of aromatic nitrogens is 2. The van der Waals surface area contributed by atoms with Crippen molar-refractivity contribution in [3.05, 3.63) is 89.7 Å². The number of rotatable bonds is 4. The van der Waals surface area contributed by atoms with Gasteiger partial charge in [-0.1, -0.05) is 54.1 Å². The van der Waals surface area contributed by atoms with Gasteiger partial charge in [-0.2, -0.15) is 5.10 Å². The summed E-state index contributed by atoms with van der Waals surface area (Å²) in [5, 5.41) is 5.33. The third kappa shape index (κ3) is 3.74. The van der Waals surface area contributed by atoms with Crippen LogP contribution in [0, 0.1) is 12.7 Å². The monoisotopic (exact) mass is 370 g/mol. The fourth-order valence-corrected chi connectivity index (χ4v) is 2.89. The highest BCUT2D eigenvalue weighted by Gasteiger charge is 2.09. The van der Waals surface area contributed by atoms with Gasteiger partial charge in [0.15, 0.2) is 11.6 Å². The van der Waals surface area contributed by atoms with Crippen molar-refractivity contribution in [3.8, 4) is 11.4 Å². The first-order chi connectivity index (χ1) is 13.6. The van der Waals surface area contributed by atoms with E-state index in [0.717, 1.165) is 27.7 Å². The molecule has 4 nitrogen and oxygen atoms in total. The lowest BCUT2D eigenvalue weighted by molar-refractivity contribution is 0.628. The van der Waals surface area contributed by atoms with Crippen molar-refractivity contribution in [2.24, 2.45) is 5.10 Å². The zero-order valence-electron chi connectivity index (χ0n) is 15.6. The van der Waals surface area contributed by atoms with Gasteiger partial charge in [-0.05, 0) is 43.7 Å². The van der Waals surface area contributed by atoms with Crippen molar-refractivity contribution < 1.29 is 4.39 Å².